The Morgan fingerprint density at radius 1 is 1.00 bits per heavy atom. The fourth-order valence-corrected chi connectivity index (χ4v) is 6.14. The van der Waals surface area contributed by atoms with Gasteiger partial charge in [-0.1, -0.05) is 18.2 Å². The molecule has 6 nitrogen and oxygen atoms in total. The van der Waals surface area contributed by atoms with Gasteiger partial charge in [0.1, 0.15) is 5.82 Å². The summed E-state index contributed by atoms with van der Waals surface area (Å²) in [6.07, 6.45) is 1.97. The molecule has 190 valence electrons. The van der Waals surface area contributed by atoms with Gasteiger partial charge in [0.05, 0.1) is 23.2 Å². The number of nitrogens with zero attached hydrogens (tertiary/aromatic N) is 4. The van der Waals surface area contributed by atoms with Crippen LogP contribution in [0, 0.1) is 11.7 Å². The summed E-state index contributed by atoms with van der Waals surface area (Å²) in [5.41, 5.74) is 1.48. The van der Waals surface area contributed by atoms with Crippen LogP contribution >= 0.6 is 0 Å². The lowest BCUT2D eigenvalue weighted by atomic mass is 9.97. The second-order valence-electron chi connectivity index (χ2n) is 9.10. The molecule has 1 aliphatic rings. The Hall–Kier alpha value is -3.18. The molecule has 0 aliphatic carbocycles. The van der Waals surface area contributed by atoms with E-state index < -0.39 is 28.6 Å². The lowest BCUT2D eigenvalue weighted by Gasteiger charge is -2.32. The van der Waals surface area contributed by atoms with Crippen LogP contribution in [-0.2, 0) is 16.6 Å². The van der Waals surface area contributed by atoms with Crippen LogP contribution in [0.25, 0.3) is 22.0 Å². The smallest absolute Gasteiger partial charge is 0.295 e. The van der Waals surface area contributed by atoms with Crippen LogP contribution in [0.1, 0.15) is 12.8 Å². The first-order chi connectivity index (χ1) is 17.1. The molecule has 1 aliphatic heterocycles. The third kappa shape index (κ3) is 5.03. The molecule has 0 spiro atoms. The Labute approximate surface area is 205 Å². The minimum atomic E-state index is -4.19. The monoisotopic (exact) mass is 520 g/mol. The summed E-state index contributed by atoms with van der Waals surface area (Å²) in [4.78, 5) is 1.51. The highest BCUT2D eigenvalue weighted by Gasteiger charge is 2.32. The van der Waals surface area contributed by atoms with Crippen molar-refractivity contribution in [1.82, 2.24) is 18.7 Å². The van der Waals surface area contributed by atoms with Crippen molar-refractivity contribution < 1.29 is 26.0 Å². The minimum Gasteiger partial charge on any atom is -0.295 e. The number of hydrogen-bond acceptors (Lipinski definition) is 4. The summed E-state index contributed by atoms with van der Waals surface area (Å²) in [7, 11) is -3.97. The Morgan fingerprint density at radius 2 is 1.72 bits per heavy atom. The summed E-state index contributed by atoms with van der Waals surface area (Å²) < 4.78 is 81.5. The van der Waals surface area contributed by atoms with Crippen LogP contribution in [0.4, 0.5) is 17.6 Å². The van der Waals surface area contributed by atoms with Crippen LogP contribution in [0.3, 0.4) is 0 Å². The van der Waals surface area contributed by atoms with Gasteiger partial charge in [0.2, 0.25) is 0 Å². The van der Waals surface area contributed by atoms with Crippen molar-refractivity contribution in [2.75, 3.05) is 19.6 Å². The van der Waals surface area contributed by atoms with Crippen LogP contribution in [0.2, 0.25) is 0 Å². The normalized spacial score (nSPS) is 16.1. The van der Waals surface area contributed by atoms with Gasteiger partial charge in [-0.2, -0.15) is 18.3 Å². The van der Waals surface area contributed by atoms with Gasteiger partial charge in [-0.25, -0.2) is 16.8 Å². The van der Waals surface area contributed by atoms with Crippen molar-refractivity contribution in [3.63, 3.8) is 0 Å². The number of likely N-dealkylation sites (tertiary alicyclic amines) is 1. The van der Waals surface area contributed by atoms with Crippen LogP contribution in [-0.4, -0.2) is 52.9 Å². The average molecular weight is 521 g/mol. The number of halogens is 4. The van der Waals surface area contributed by atoms with Crippen LogP contribution in [0.5, 0.6) is 0 Å². The zero-order valence-electron chi connectivity index (χ0n) is 19.2. The van der Waals surface area contributed by atoms with E-state index >= 15 is 0 Å². The van der Waals surface area contributed by atoms with E-state index in [0.29, 0.717) is 49.0 Å². The number of rotatable bonds is 6. The Morgan fingerprint density at radius 3 is 2.42 bits per heavy atom. The SMILES string of the molecule is O=S(=O)(c1ccccc1)n1cc(-c2cnn(CC3CCN(CC(F)(F)F)CC3)c2)c2ccc(F)cc21. The third-order valence-corrected chi connectivity index (χ3v) is 8.22. The van der Waals surface area contributed by atoms with Gasteiger partial charge in [0.15, 0.2) is 0 Å². The number of piperidine rings is 1. The first-order valence-electron chi connectivity index (χ1n) is 11.5. The molecule has 2 aromatic heterocycles. The molecule has 1 fully saturated rings. The Balaban J connectivity index is 1.40. The molecule has 2 aromatic carbocycles. The van der Waals surface area contributed by atoms with Crippen molar-refractivity contribution >= 4 is 20.9 Å². The van der Waals surface area contributed by atoms with Crippen molar-refractivity contribution in [2.45, 2.75) is 30.5 Å². The Kier molecular flexibility index (Phi) is 6.37. The molecule has 0 radical (unpaired) electrons. The number of aromatic nitrogens is 3. The van der Waals surface area contributed by atoms with Gasteiger partial charge in [0.25, 0.3) is 10.0 Å². The van der Waals surface area contributed by atoms with Crippen LogP contribution in [0.15, 0.2) is 72.0 Å². The van der Waals surface area contributed by atoms with Gasteiger partial charge < -0.3 is 0 Å². The molecular formula is C25H24F4N4O2S. The fraction of sp³-hybridized carbons (Fsp3) is 0.320. The predicted octanol–water partition coefficient (Wildman–Crippen LogP) is 5.16. The number of benzene rings is 2. The maximum Gasteiger partial charge on any atom is 0.401 e. The van der Waals surface area contributed by atoms with Gasteiger partial charge in [-0.15, -0.1) is 0 Å². The summed E-state index contributed by atoms with van der Waals surface area (Å²) in [6, 6.07) is 12.0. The molecule has 36 heavy (non-hydrogen) atoms. The molecule has 0 atom stereocenters. The van der Waals surface area contributed by atoms with E-state index in [1.54, 1.807) is 41.3 Å². The second-order valence-corrected chi connectivity index (χ2v) is 10.9. The molecule has 0 saturated carbocycles. The first-order valence-corrected chi connectivity index (χ1v) is 13.0. The minimum absolute atomic E-state index is 0.0882. The van der Waals surface area contributed by atoms with E-state index in [4.69, 9.17) is 0 Å². The predicted molar refractivity (Wildman–Crippen MR) is 127 cm³/mol. The molecule has 0 N–H and O–H groups in total. The topological polar surface area (TPSA) is 60.1 Å². The lowest BCUT2D eigenvalue weighted by Crippen LogP contribution is -2.40. The van der Waals surface area contributed by atoms with Gasteiger partial charge in [0, 0.05) is 35.5 Å². The van der Waals surface area contributed by atoms with Gasteiger partial charge in [-0.3, -0.25) is 9.58 Å². The van der Waals surface area contributed by atoms with Crippen LogP contribution < -0.4 is 0 Å². The quantitative estimate of drug-likeness (QED) is 0.330. The molecule has 0 bridgehead atoms. The molecule has 0 amide bonds. The van der Waals surface area contributed by atoms with Crippen molar-refractivity contribution in [3.05, 3.63) is 72.9 Å². The highest BCUT2D eigenvalue weighted by atomic mass is 32.2. The molecular weight excluding hydrogens is 496 g/mol. The lowest BCUT2D eigenvalue weighted by molar-refractivity contribution is -0.148. The van der Waals surface area contributed by atoms with E-state index in [1.165, 1.54) is 35.4 Å². The van der Waals surface area contributed by atoms with Crippen molar-refractivity contribution in [1.29, 1.82) is 0 Å². The largest absolute Gasteiger partial charge is 0.401 e. The highest BCUT2D eigenvalue weighted by molar-refractivity contribution is 7.90. The highest BCUT2D eigenvalue weighted by Crippen LogP contribution is 2.34. The number of fused-ring (bicyclic) bond motifs is 1. The maximum absolute atomic E-state index is 14.1. The molecule has 5 rings (SSSR count). The standard InChI is InChI=1S/C25H24F4N4O2S/c26-20-6-7-22-23(16-33(24(22)12-20)36(34,35)21-4-2-1-3-5-21)19-13-30-32(15-19)14-18-8-10-31(11-9-18)17-25(27,28)29/h1-7,12-13,15-16,18H,8-11,14,17H2. The summed E-state index contributed by atoms with van der Waals surface area (Å²) in [5.74, 6) is -0.361. The first kappa shape index (κ1) is 24.5. The molecule has 4 aromatic rings. The van der Waals surface area contributed by atoms with Gasteiger partial charge in [-0.05, 0) is 62.2 Å². The average Bonchev–Trinajstić information content (AvgIpc) is 3.44. The van der Waals surface area contributed by atoms with Crippen molar-refractivity contribution in [2.24, 2.45) is 5.92 Å². The molecule has 11 heteroatoms. The third-order valence-electron chi connectivity index (χ3n) is 6.53. The number of hydrogen-bond donors (Lipinski definition) is 0. The van der Waals surface area contributed by atoms with E-state index in [9.17, 15) is 26.0 Å². The summed E-state index contributed by atoms with van der Waals surface area (Å²) in [5, 5.41) is 4.98. The number of alkyl halides is 3. The van der Waals surface area contributed by atoms with Gasteiger partial charge >= 0.3 is 6.18 Å². The van der Waals surface area contributed by atoms with E-state index in [-0.39, 0.29) is 16.3 Å². The summed E-state index contributed by atoms with van der Waals surface area (Å²) in [6.45, 7) is 0.432. The molecule has 0 unspecified atom stereocenters. The van der Waals surface area contributed by atoms with Crippen molar-refractivity contribution in [3.8, 4) is 11.1 Å². The van der Waals surface area contributed by atoms with E-state index in [1.807, 2.05) is 0 Å². The Bertz CT molecular complexity index is 1470. The molecule has 1 saturated heterocycles. The fourth-order valence-electron chi connectivity index (χ4n) is 4.75. The molecule has 3 heterocycles. The maximum atomic E-state index is 14.1. The zero-order valence-corrected chi connectivity index (χ0v) is 20.0. The van der Waals surface area contributed by atoms with E-state index in [0.717, 1.165) is 3.97 Å². The zero-order chi connectivity index (χ0) is 25.5. The summed E-state index contributed by atoms with van der Waals surface area (Å²) >= 11 is 0. The second kappa shape index (κ2) is 9.36. The van der Waals surface area contributed by atoms with E-state index in [2.05, 4.69) is 5.10 Å².